The molecule has 1 saturated heterocycles. The van der Waals surface area contributed by atoms with Crippen molar-refractivity contribution in [3.8, 4) is 5.75 Å². The van der Waals surface area contributed by atoms with Crippen molar-refractivity contribution in [1.82, 2.24) is 10.2 Å². The van der Waals surface area contributed by atoms with Crippen LogP contribution >= 0.6 is 0 Å². The molecule has 0 spiro atoms. The lowest BCUT2D eigenvalue weighted by molar-refractivity contribution is -0.143. The zero-order chi connectivity index (χ0) is 17.8. The number of carboxylic acid groups (broad SMARTS) is 1. The van der Waals surface area contributed by atoms with Crippen LogP contribution in [0.15, 0.2) is 12.1 Å². The molecule has 7 nitrogen and oxygen atoms in total. The molecule has 1 aromatic rings. The van der Waals surface area contributed by atoms with E-state index in [4.69, 9.17) is 14.6 Å². The fourth-order valence-corrected chi connectivity index (χ4v) is 3.22. The van der Waals surface area contributed by atoms with Gasteiger partial charge in [-0.2, -0.15) is 0 Å². The van der Waals surface area contributed by atoms with Gasteiger partial charge < -0.3 is 24.8 Å². The number of carbonyl (C=O) groups is 2. The van der Waals surface area contributed by atoms with E-state index in [-0.39, 0.29) is 25.2 Å². The van der Waals surface area contributed by atoms with Gasteiger partial charge in [-0.1, -0.05) is 0 Å². The number of nitrogens with zero attached hydrogens (tertiary/aromatic N) is 1. The molecule has 1 aromatic carbocycles. The maximum atomic E-state index is 13.7. The number of urea groups is 1. The number of rotatable bonds is 4. The summed E-state index contributed by atoms with van der Waals surface area (Å²) >= 11 is 0. The van der Waals surface area contributed by atoms with Crippen LogP contribution in [0.5, 0.6) is 5.75 Å². The van der Waals surface area contributed by atoms with E-state index in [0.717, 1.165) is 0 Å². The molecule has 2 aliphatic heterocycles. The number of carboxylic acids is 1. The molecule has 1 atom stereocenters. The first kappa shape index (κ1) is 17.5. The number of carbonyl (C=O) groups excluding carboxylic acids is 1. The molecular weight excluding hydrogens is 331 g/mol. The first-order valence-corrected chi connectivity index (χ1v) is 8.32. The van der Waals surface area contributed by atoms with Crippen molar-refractivity contribution in [3.63, 3.8) is 0 Å². The van der Waals surface area contributed by atoms with Crippen LogP contribution in [0.1, 0.15) is 24.0 Å². The Hall–Kier alpha value is -2.35. The molecule has 0 aromatic heterocycles. The van der Waals surface area contributed by atoms with Crippen molar-refractivity contribution < 1.29 is 28.6 Å². The molecule has 0 saturated carbocycles. The molecule has 2 heterocycles. The van der Waals surface area contributed by atoms with E-state index in [0.29, 0.717) is 55.8 Å². The second-order valence-electron chi connectivity index (χ2n) is 6.27. The van der Waals surface area contributed by atoms with Crippen molar-refractivity contribution in [3.05, 3.63) is 29.1 Å². The molecule has 25 heavy (non-hydrogen) atoms. The zero-order valence-corrected chi connectivity index (χ0v) is 13.8. The maximum absolute atomic E-state index is 13.7. The lowest BCUT2D eigenvalue weighted by Gasteiger charge is -2.30. The van der Waals surface area contributed by atoms with Crippen LogP contribution < -0.4 is 10.1 Å². The Labute approximate surface area is 144 Å². The lowest BCUT2D eigenvalue weighted by atomic mass is 9.99. The quantitative estimate of drug-likeness (QED) is 0.862. The van der Waals surface area contributed by atoms with Crippen molar-refractivity contribution >= 4 is 12.0 Å². The van der Waals surface area contributed by atoms with Gasteiger partial charge in [0.15, 0.2) is 6.79 Å². The maximum Gasteiger partial charge on any atom is 0.317 e. The van der Waals surface area contributed by atoms with Crippen LogP contribution in [0.2, 0.25) is 0 Å². The first-order chi connectivity index (χ1) is 12.0. The number of nitrogens with one attached hydrogen (secondary N) is 1. The van der Waals surface area contributed by atoms with Gasteiger partial charge >= 0.3 is 12.0 Å². The van der Waals surface area contributed by atoms with Crippen LogP contribution in [0.3, 0.4) is 0 Å². The Kier molecular flexibility index (Phi) is 5.37. The highest BCUT2D eigenvalue weighted by Crippen LogP contribution is 2.29. The van der Waals surface area contributed by atoms with E-state index >= 15 is 0 Å². The third-order valence-electron chi connectivity index (χ3n) is 4.48. The Balaban J connectivity index is 1.55. The monoisotopic (exact) mass is 352 g/mol. The molecular formula is C17H21FN2O5. The fourth-order valence-electron chi connectivity index (χ4n) is 3.22. The highest BCUT2D eigenvalue weighted by atomic mass is 19.1. The molecule has 136 valence electrons. The normalized spacial score (nSPS) is 19.7. The summed E-state index contributed by atoms with van der Waals surface area (Å²) < 4.78 is 24.3. The van der Waals surface area contributed by atoms with E-state index in [9.17, 15) is 14.0 Å². The molecule has 1 fully saturated rings. The van der Waals surface area contributed by atoms with Gasteiger partial charge in [0.25, 0.3) is 0 Å². The summed E-state index contributed by atoms with van der Waals surface area (Å²) in [6.45, 7) is 1.51. The van der Waals surface area contributed by atoms with Gasteiger partial charge in [-0.05, 0) is 37.0 Å². The molecule has 0 aliphatic carbocycles. The van der Waals surface area contributed by atoms with Crippen molar-refractivity contribution in [2.24, 2.45) is 5.92 Å². The number of fused-ring (bicyclic) bond motifs is 1. The number of amides is 2. The van der Waals surface area contributed by atoms with Crippen molar-refractivity contribution in [2.45, 2.75) is 25.9 Å². The fraction of sp³-hybridized carbons (Fsp3) is 0.529. The standard InChI is InChI=1S/C17H21FN2O5/c18-14-6-11(15-13(7-14)9-24-10-25-15)3-4-19-17(23)20-5-1-2-12(8-20)16(21)22/h6-7,12H,1-5,8-10H2,(H,19,23)(H,21,22). The van der Waals surface area contributed by atoms with Crippen molar-refractivity contribution in [2.75, 3.05) is 26.4 Å². The summed E-state index contributed by atoms with van der Waals surface area (Å²) in [7, 11) is 0. The van der Waals surface area contributed by atoms with Gasteiger partial charge in [0, 0.05) is 25.2 Å². The third kappa shape index (κ3) is 4.19. The van der Waals surface area contributed by atoms with Gasteiger partial charge in [-0.25, -0.2) is 9.18 Å². The summed E-state index contributed by atoms with van der Waals surface area (Å²) in [5.74, 6) is -1.13. The SMILES string of the molecule is O=C(O)C1CCCN(C(=O)NCCc2cc(F)cc3c2OCOC3)C1. The molecule has 1 unspecified atom stereocenters. The molecule has 8 heteroatoms. The molecule has 2 aliphatic rings. The van der Waals surface area contributed by atoms with Gasteiger partial charge in [0.2, 0.25) is 0 Å². The van der Waals surface area contributed by atoms with E-state index in [1.807, 2.05) is 0 Å². The van der Waals surface area contributed by atoms with Gasteiger partial charge in [0.05, 0.1) is 12.5 Å². The summed E-state index contributed by atoms with van der Waals surface area (Å²) in [6, 6.07) is 2.49. The van der Waals surface area contributed by atoms with E-state index in [2.05, 4.69) is 5.32 Å². The number of aliphatic carboxylic acids is 1. The van der Waals surface area contributed by atoms with E-state index in [1.54, 1.807) is 0 Å². The summed E-state index contributed by atoms with van der Waals surface area (Å²) in [5, 5.41) is 11.9. The van der Waals surface area contributed by atoms with E-state index < -0.39 is 11.9 Å². The minimum absolute atomic E-state index is 0.127. The second kappa shape index (κ2) is 7.69. The Morgan fingerprint density at radius 3 is 3.04 bits per heavy atom. The van der Waals surface area contributed by atoms with Gasteiger partial charge in [-0.3, -0.25) is 4.79 Å². The van der Waals surface area contributed by atoms with Crippen LogP contribution in [-0.2, 0) is 22.6 Å². The first-order valence-electron chi connectivity index (χ1n) is 8.32. The van der Waals surface area contributed by atoms with Gasteiger partial charge in [-0.15, -0.1) is 0 Å². The largest absolute Gasteiger partial charge is 0.481 e. The molecule has 0 radical (unpaired) electrons. The molecule has 0 bridgehead atoms. The number of benzene rings is 1. The summed E-state index contributed by atoms with van der Waals surface area (Å²) in [4.78, 5) is 24.8. The Morgan fingerprint density at radius 1 is 1.40 bits per heavy atom. The topological polar surface area (TPSA) is 88.1 Å². The van der Waals surface area contributed by atoms with E-state index in [1.165, 1.54) is 17.0 Å². The molecule has 3 rings (SSSR count). The zero-order valence-electron chi connectivity index (χ0n) is 13.8. The number of hydrogen-bond acceptors (Lipinski definition) is 4. The smallest absolute Gasteiger partial charge is 0.317 e. The predicted molar refractivity (Wildman–Crippen MR) is 85.7 cm³/mol. The minimum Gasteiger partial charge on any atom is -0.481 e. The number of likely N-dealkylation sites (tertiary alicyclic amines) is 1. The minimum atomic E-state index is -0.872. The highest BCUT2D eigenvalue weighted by Gasteiger charge is 2.28. The number of halogens is 1. The average Bonchev–Trinajstić information content (AvgIpc) is 2.61. The van der Waals surface area contributed by atoms with Gasteiger partial charge in [0.1, 0.15) is 11.6 Å². The lowest BCUT2D eigenvalue weighted by Crippen LogP contribution is -2.47. The number of piperidine rings is 1. The molecule has 2 N–H and O–H groups in total. The van der Waals surface area contributed by atoms with Crippen LogP contribution in [-0.4, -0.2) is 48.4 Å². The van der Waals surface area contributed by atoms with Crippen molar-refractivity contribution in [1.29, 1.82) is 0 Å². The third-order valence-corrected chi connectivity index (χ3v) is 4.48. The highest BCUT2D eigenvalue weighted by molar-refractivity contribution is 5.76. The Morgan fingerprint density at radius 2 is 2.24 bits per heavy atom. The van der Waals surface area contributed by atoms with Crippen LogP contribution in [0.25, 0.3) is 0 Å². The van der Waals surface area contributed by atoms with Crippen LogP contribution in [0, 0.1) is 11.7 Å². The Bertz CT molecular complexity index is 667. The molecule has 2 amide bonds. The second-order valence-corrected chi connectivity index (χ2v) is 6.27. The number of ether oxygens (including phenoxy) is 2. The summed E-state index contributed by atoms with van der Waals surface area (Å²) in [5.41, 5.74) is 1.34. The predicted octanol–water partition coefficient (Wildman–Crippen LogP) is 1.74. The van der Waals surface area contributed by atoms with Crippen LogP contribution in [0.4, 0.5) is 9.18 Å². The summed E-state index contributed by atoms with van der Waals surface area (Å²) in [6.07, 6.45) is 1.69. The number of hydrogen-bond donors (Lipinski definition) is 2. The average molecular weight is 352 g/mol.